The summed E-state index contributed by atoms with van der Waals surface area (Å²) in [4.78, 5) is 10.9. The molecular weight excluding hydrogens is 253 g/mol. The first-order valence-corrected chi connectivity index (χ1v) is 6.14. The quantitative estimate of drug-likeness (QED) is 0.367. The van der Waals surface area contributed by atoms with Crippen LogP contribution in [0, 0.1) is 0 Å². The molecule has 1 heterocycles. The fourth-order valence-corrected chi connectivity index (χ4v) is 2.02. The molecule has 0 spiro atoms. The Morgan fingerprint density at radius 3 is 2.83 bits per heavy atom. The lowest BCUT2D eigenvalue weighted by Gasteiger charge is -2.02. The molecule has 1 fully saturated rings. The molecule has 1 amide bonds. The number of carbonyl (C=O) groups is 1. The summed E-state index contributed by atoms with van der Waals surface area (Å²) in [6, 6.07) is 6.74. The lowest BCUT2D eigenvalue weighted by Crippen LogP contribution is -2.32. The third-order valence-corrected chi connectivity index (χ3v) is 3.07. The van der Waals surface area contributed by atoms with E-state index in [0.717, 1.165) is 0 Å². The monoisotopic (exact) mass is 263 g/mol. The molecule has 1 saturated heterocycles. The second-order valence-corrected chi connectivity index (χ2v) is 4.45. The van der Waals surface area contributed by atoms with Crippen molar-refractivity contribution in [3.8, 4) is 0 Å². The number of amidine groups is 1. The van der Waals surface area contributed by atoms with Crippen LogP contribution in [0.15, 0.2) is 34.5 Å². The molecule has 1 aliphatic rings. The van der Waals surface area contributed by atoms with Crippen LogP contribution in [0.1, 0.15) is 5.56 Å². The van der Waals surface area contributed by atoms with Gasteiger partial charge in [-0.25, -0.2) is 0 Å². The molecule has 0 unspecified atom stereocenters. The van der Waals surface area contributed by atoms with Gasteiger partial charge in [-0.1, -0.05) is 36.0 Å². The molecule has 1 aromatic rings. The number of rotatable bonds is 3. The van der Waals surface area contributed by atoms with Crippen LogP contribution in [-0.4, -0.2) is 40.2 Å². The molecule has 3 N–H and O–H groups in total. The summed E-state index contributed by atoms with van der Waals surface area (Å²) >= 11 is 1.27. The van der Waals surface area contributed by atoms with E-state index in [2.05, 4.69) is 15.5 Å². The molecule has 1 aliphatic heterocycles. The smallest absolute Gasteiger partial charge is 0.423 e. The van der Waals surface area contributed by atoms with Crippen molar-refractivity contribution in [2.45, 2.75) is 0 Å². The standard InChI is InChI=1S/C10H10BN3O3S/c15-9-6-18-10(13-9)14-12-5-7-3-1-2-4-8(7)11(16)17/h1-5,16-17H,6H2,(H,13,14,15). The number of nitrogens with zero attached hydrogens (tertiary/aromatic N) is 2. The third-order valence-electron chi connectivity index (χ3n) is 2.21. The summed E-state index contributed by atoms with van der Waals surface area (Å²) < 4.78 is 0. The van der Waals surface area contributed by atoms with Crippen LogP contribution in [0.4, 0.5) is 0 Å². The molecule has 0 bridgehead atoms. The number of hydrogen-bond acceptors (Lipinski definition) is 6. The summed E-state index contributed by atoms with van der Waals surface area (Å²) in [6.45, 7) is 0. The van der Waals surface area contributed by atoms with Gasteiger partial charge in [-0.3, -0.25) is 4.79 Å². The van der Waals surface area contributed by atoms with E-state index in [1.807, 2.05) is 0 Å². The van der Waals surface area contributed by atoms with E-state index in [9.17, 15) is 4.79 Å². The van der Waals surface area contributed by atoms with Gasteiger partial charge in [0.15, 0.2) is 5.17 Å². The number of carbonyl (C=O) groups excluding carboxylic acids is 1. The maximum absolute atomic E-state index is 10.9. The number of thioether (sulfide) groups is 1. The van der Waals surface area contributed by atoms with Gasteiger partial charge < -0.3 is 15.4 Å². The molecule has 92 valence electrons. The van der Waals surface area contributed by atoms with Crippen molar-refractivity contribution in [1.82, 2.24) is 5.32 Å². The molecule has 0 aromatic heterocycles. The van der Waals surface area contributed by atoms with Crippen LogP contribution in [-0.2, 0) is 4.79 Å². The molecule has 6 nitrogen and oxygen atoms in total. The van der Waals surface area contributed by atoms with Crippen LogP contribution >= 0.6 is 11.8 Å². The van der Waals surface area contributed by atoms with Gasteiger partial charge in [-0.15, -0.1) is 5.10 Å². The Bertz CT molecular complexity index is 519. The summed E-state index contributed by atoms with van der Waals surface area (Å²) in [6.07, 6.45) is 1.41. The highest BCUT2D eigenvalue weighted by Crippen LogP contribution is 2.08. The van der Waals surface area contributed by atoms with Crippen molar-refractivity contribution in [1.29, 1.82) is 0 Å². The van der Waals surface area contributed by atoms with Gasteiger partial charge in [0.1, 0.15) is 0 Å². The van der Waals surface area contributed by atoms with E-state index in [1.54, 1.807) is 24.3 Å². The first-order chi connectivity index (χ1) is 8.66. The predicted octanol–water partition coefficient (Wildman–Crippen LogP) is -1.08. The van der Waals surface area contributed by atoms with E-state index >= 15 is 0 Å². The zero-order chi connectivity index (χ0) is 13.0. The fourth-order valence-electron chi connectivity index (χ4n) is 1.39. The SMILES string of the molecule is O=C1CSC(=NN=Cc2ccccc2B(O)O)N1. The van der Waals surface area contributed by atoms with Crippen LogP contribution in [0.3, 0.4) is 0 Å². The van der Waals surface area contributed by atoms with Crippen molar-refractivity contribution >= 4 is 41.6 Å². The maximum atomic E-state index is 10.9. The molecule has 1 aromatic carbocycles. The minimum Gasteiger partial charge on any atom is -0.423 e. The maximum Gasteiger partial charge on any atom is 0.489 e. The Morgan fingerprint density at radius 2 is 2.17 bits per heavy atom. The Kier molecular flexibility index (Phi) is 4.13. The van der Waals surface area contributed by atoms with Crippen molar-refractivity contribution < 1.29 is 14.8 Å². The number of benzene rings is 1. The zero-order valence-corrected chi connectivity index (χ0v) is 10.1. The molecule has 8 heteroatoms. The van der Waals surface area contributed by atoms with Gasteiger partial charge in [-0.2, -0.15) is 5.10 Å². The largest absolute Gasteiger partial charge is 0.489 e. The summed E-state index contributed by atoms with van der Waals surface area (Å²) in [5.41, 5.74) is 0.913. The Hall–Kier alpha value is -1.64. The minimum absolute atomic E-state index is 0.0971. The van der Waals surface area contributed by atoms with Gasteiger partial charge in [0.2, 0.25) is 5.91 Å². The molecule has 0 atom stereocenters. The molecule has 0 radical (unpaired) electrons. The lowest BCUT2D eigenvalue weighted by atomic mass is 9.77. The highest BCUT2D eigenvalue weighted by Gasteiger charge is 2.16. The first-order valence-electron chi connectivity index (χ1n) is 5.15. The van der Waals surface area contributed by atoms with Crippen LogP contribution in [0.25, 0.3) is 0 Å². The van der Waals surface area contributed by atoms with Gasteiger partial charge in [0.25, 0.3) is 0 Å². The lowest BCUT2D eigenvalue weighted by molar-refractivity contribution is -0.116. The second-order valence-electron chi connectivity index (χ2n) is 3.49. The molecule has 2 rings (SSSR count). The van der Waals surface area contributed by atoms with Crippen LogP contribution in [0.5, 0.6) is 0 Å². The van der Waals surface area contributed by atoms with Crippen LogP contribution < -0.4 is 10.8 Å². The predicted molar refractivity (Wildman–Crippen MR) is 71.9 cm³/mol. The summed E-state index contributed by atoms with van der Waals surface area (Å²) in [7, 11) is -1.55. The fraction of sp³-hybridized carbons (Fsp3) is 0.100. The Labute approximate surface area is 108 Å². The van der Waals surface area contributed by atoms with Gasteiger partial charge in [0, 0.05) is 0 Å². The van der Waals surface area contributed by atoms with Crippen molar-refractivity contribution in [3.63, 3.8) is 0 Å². The van der Waals surface area contributed by atoms with E-state index in [4.69, 9.17) is 10.0 Å². The highest BCUT2D eigenvalue weighted by atomic mass is 32.2. The van der Waals surface area contributed by atoms with Crippen LogP contribution in [0.2, 0.25) is 0 Å². The third kappa shape index (κ3) is 3.19. The van der Waals surface area contributed by atoms with E-state index in [0.29, 0.717) is 21.9 Å². The van der Waals surface area contributed by atoms with E-state index in [1.165, 1.54) is 18.0 Å². The Morgan fingerprint density at radius 1 is 1.39 bits per heavy atom. The highest BCUT2D eigenvalue weighted by molar-refractivity contribution is 8.15. The number of hydrogen-bond donors (Lipinski definition) is 3. The van der Waals surface area contributed by atoms with E-state index in [-0.39, 0.29) is 5.91 Å². The van der Waals surface area contributed by atoms with E-state index < -0.39 is 7.12 Å². The zero-order valence-electron chi connectivity index (χ0n) is 9.28. The van der Waals surface area contributed by atoms with Crippen molar-refractivity contribution in [2.75, 3.05) is 5.75 Å². The average Bonchev–Trinajstić information content (AvgIpc) is 2.75. The molecule has 0 aliphatic carbocycles. The van der Waals surface area contributed by atoms with Crippen molar-refractivity contribution in [3.05, 3.63) is 29.8 Å². The average molecular weight is 263 g/mol. The number of nitrogens with one attached hydrogen (secondary N) is 1. The van der Waals surface area contributed by atoms with Crippen molar-refractivity contribution in [2.24, 2.45) is 10.2 Å². The topological polar surface area (TPSA) is 94.3 Å². The summed E-state index contributed by atoms with van der Waals surface area (Å²) in [5.74, 6) is 0.250. The van der Waals surface area contributed by atoms with Gasteiger partial charge >= 0.3 is 7.12 Å². The summed E-state index contributed by atoms with van der Waals surface area (Å²) in [5, 5.41) is 28.9. The minimum atomic E-state index is -1.55. The molecule has 18 heavy (non-hydrogen) atoms. The molecule has 0 saturated carbocycles. The normalized spacial score (nSPS) is 17.4. The molecular formula is C10H10BN3O3S. The first kappa shape index (κ1) is 12.8. The Balaban J connectivity index is 2.12. The second kappa shape index (κ2) is 5.81. The van der Waals surface area contributed by atoms with Gasteiger partial charge in [-0.05, 0) is 11.0 Å². The van der Waals surface area contributed by atoms with Gasteiger partial charge in [0.05, 0.1) is 12.0 Å². The number of amides is 1.